The van der Waals surface area contributed by atoms with Crippen LogP contribution in [-0.2, 0) is 4.74 Å². The molecule has 0 heterocycles. The molecule has 0 aromatic carbocycles. The molecule has 0 spiro atoms. The lowest BCUT2D eigenvalue weighted by Gasteiger charge is -2.22. The van der Waals surface area contributed by atoms with E-state index in [-0.39, 0.29) is 11.9 Å². The van der Waals surface area contributed by atoms with Gasteiger partial charge in [-0.1, -0.05) is 15.9 Å². The van der Waals surface area contributed by atoms with Crippen LogP contribution in [0.4, 0.5) is 9.18 Å². The van der Waals surface area contributed by atoms with Gasteiger partial charge in [-0.3, -0.25) is 0 Å². The Kier molecular flexibility index (Phi) is 4.84. The fourth-order valence-corrected chi connectivity index (χ4v) is 0.816. The van der Waals surface area contributed by atoms with Crippen LogP contribution in [0.25, 0.3) is 0 Å². The van der Waals surface area contributed by atoms with Crippen LogP contribution in [-0.4, -0.2) is 29.2 Å². The maximum Gasteiger partial charge on any atom is 0.407 e. The molecule has 1 atom stereocenters. The minimum Gasteiger partial charge on any atom is -0.444 e. The molecular formula is C9H17BrFNO2. The molecule has 0 fully saturated rings. The van der Waals surface area contributed by atoms with Crippen molar-refractivity contribution >= 4 is 22.0 Å². The van der Waals surface area contributed by atoms with E-state index in [2.05, 4.69) is 21.2 Å². The lowest BCUT2D eigenvalue weighted by Crippen LogP contribution is -2.41. The molecule has 0 saturated carbocycles. The summed E-state index contributed by atoms with van der Waals surface area (Å²) in [4.78, 5) is 11.1. The third-order valence-corrected chi connectivity index (χ3v) is 2.45. The first-order valence-corrected chi connectivity index (χ1v) is 5.50. The van der Waals surface area contributed by atoms with Gasteiger partial charge in [0.1, 0.15) is 11.3 Å². The minimum absolute atomic E-state index is 0.0623. The van der Waals surface area contributed by atoms with Crippen LogP contribution in [0.15, 0.2) is 0 Å². The van der Waals surface area contributed by atoms with Gasteiger partial charge in [-0.15, -0.1) is 0 Å². The number of carbonyl (C=O) groups is 1. The van der Waals surface area contributed by atoms with Gasteiger partial charge < -0.3 is 10.1 Å². The molecule has 1 unspecified atom stereocenters. The summed E-state index contributed by atoms with van der Waals surface area (Å²) in [5.41, 5.74) is -2.00. The molecule has 5 heteroatoms. The molecule has 84 valence electrons. The van der Waals surface area contributed by atoms with E-state index >= 15 is 0 Å². The van der Waals surface area contributed by atoms with Crippen molar-refractivity contribution in [3.63, 3.8) is 0 Å². The average molecular weight is 270 g/mol. The molecule has 0 aliphatic carbocycles. The number of ether oxygens (including phenoxy) is 1. The van der Waals surface area contributed by atoms with Gasteiger partial charge >= 0.3 is 6.09 Å². The summed E-state index contributed by atoms with van der Waals surface area (Å²) in [5.74, 6) is 0. The summed E-state index contributed by atoms with van der Waals surface area (Å²) in [5, 5.41) is 2.54. The van der Waals surface area contributed by atoms with E-state index in [9.17, 15) is 9.18 Å². The number of nitrogens with one attached hydrogen (secondary N) is 1. The Morgan fingerprint density at radius 3 is 2.29 bits per heavy atom. The van der Waals surface area contributed by atoms with Crippen LogP contribution >= 0.6 is 15.9 Å². The molecule has 3 nitrogen and oxygen atoms in total. The quantitative estimate of drug-likeness (QED) is 0.800. The second kappa shape index (κ2) is 4.96. The van der Waals surface area contributed by atoms with Crippen molar-refractivity contribution in [2.75, 3.05) is 11.9 Å². The number of halogens is 2. The van der Waals surface area contributed by atoms with Crippen LogP contribution in [0.5, 0.6) is 0 Å². The minimum atomic E-state index is -1.45. The van der Waals surface area contributed by atoms with Crippen molar-refractivity contribution in [1.82, 2.24) is 5.32 Å². The molecule has 0 radical (unpaired) electrons. The Labute approximate surface area is 92.5 Å². The molecule has 0 aromatic heterocycles. The van der Waals surface area contributed by atoms with Gasteiger partial charge in [0.2, 0.25) is 0 Å². The van der Waals surface area contributed by atoms with Gasteiger partial charge in [0.25, 0.3) is 0 Å². The van der Waals surface area contributed by atoms with E-state index < -0.39 is 17.4 Å². The number of hydrogen-bond donors (Lipinski definition) is 1. The van der Waals surface area contributed by atoms with Gasteiger partial charge in [0.15, 0.2) is 0 Å². The normalized spacial score (nSPS) is 15.9. The SMILES string of the molecule is CC(F)(CBr)CNC(=O)OC(C)(C)C. The zero-order chi connectivity index (χ0) is 11.4. The molecule has 14 heavy (non-hydrogen) atoms. The Hall–Kier alpha value is -0.320. The number of hydrogen-bond acceptors (Lipinski definition) is 2. The van der Waals surface area contributed by atoms with Crippen molar-refractivity contribution < 1.29 is 13.9 Å². The van der Waals surface area contributed by atoms with E-state index in [0.717, 1.165) is 0 Å². The first kappa shape index (κ1) is 13.7. The summed E-state index contributed by atoms with van der Waals surface area (Å²) in [6, 6.07) is 0. The Balaban J connectivity index is 3.87. The van der Waals surface area contributed by atoms with E-state index in [1.807, 2.05) is 0 Å². The fraction of sp³-hybridized carbons (Fsp3) is 0.889. The number of amides is 1. The zero-order valence-corrected chi connectivity index (χ0v) is 10.6. The number of carbonyl (C=O) groups excluding carboxylic acids is 1. The van der Waals surface area contributed by atoms with Gasteiger partial charge in [-0.25, -0.2) is 9.18 Å². The zero-order valence-electron chi connectivity index (χ0n) is 8.99. The number of alkyl carbamates (subject to hydrolysis) is 1. The van der Waals surface area contributed by atoms with Crippen molar-refractivity contribution in [3.8, 4) is 0 Å². The molecule has 0 bridgehead atoms. The van der Waals surface area contributed by atoms with E-state index in [4.69, 9.17) is 4.74 Å². The van der Waals surface area contributed by atoms with Crippen molar-refractivity contribution in [3.05, 3.63) is 0 Å². The van der Waals surface area contributed by atoms with Crippen LogP contribution in [0.3, 0.4) is 0 Å². The van der Waals surface area contributed by atoms with E-state index in [0.29, 0.717) is 0 Å². The molecule has 0 aromatic rings. The maximum absolute atomic E-state index is 13.3. The van der Waals surface area contributed by atoms with Crippen LogP contribution in [0, 0.1) is 0 Å². The van der Waals surface area contributed by atoms with Gasteiger partial charge in [-0.2, -0.15) is 0 Å². The summed E-state index contributed by atoms with van der Waals surface area (Å²) in [7, 11) is 0. The van der Waals surface area contributed by atoms with Crippen LogP contribution in [0.1, 0.15) is 27.7 Å². The third-order valence-electron chi connectivity index (χ3n) is 1.28. The Bertz CT molecular complexity index is 201. The van der Waals surface area contributed by atoms with Gasteiger partial charge in [-0.05, 0) is 27.7 Å². The molecule has 0 aliphatic rings. The number of rotatable bonds is 3. The molecule has 0 rings (SSSR count). The molecule has 1 amide bonds. The second-order valence-corrected chi connectivity index (χ2v) is 4.96. The Morgan fingerprint density at radius 1 is 1.43 bits per heavy atom. The number of alkyl halides is 2. The van der Waals surface area contributed by atoms with Crippen molar-refractivity contribution in [2.24, 2.45) is 0 Å². The fourth-order valence-electron chi connectivity index (χ4n) is 0.618. The summed E-state index contributed by atoms with van der Waals surface area (Å²) in [6.07, 6.45) is -0.595. The topological polar surface area (TPSA) is 38.3 Å². The van der Waals surface area contributed by atoms with Gasteiger partial charge in [0, 0.05) is 5.33 Å². The highest BCUT2D eigenvalue weighted by Gasteiger charge is 2.24. The summed E-state index contributed by atoms with van der Waals surface area (Å²) < 4.78 is 18.2. The lowest BCUT2D eigenvalue weighted by atomic mass is 10.2. The van der Waals surface area contributed by atoms with Gasteiger partial charge in [0.05, 0.1) is 6.54 Å². The second-order valence-electron chi connectivity index (χ2n) is 4.40. The maximum atomic E-state index is 13.3. The summed E-state index contributed by atoms with van der Waals surface area (Å²) >= 11 is 3.02. The van der Waals surface area contributed by atoms with E-state index in [1.54, 1.807) is 20.8 Å². The standard InChI is InChI=1S/C9H17BrFNO2/c1-8(2,3)14-7(13)12-6-9(4,11)5-10/h5-6H2,1-4H3,(H,12,13). The molecule has 0 saturated heterocycles. The predicted octanol–water partition coefficient (Wildman–Crippen LogP) is 2.63. The predicted molar refractivity (Wildman–Crippen MR) is 57.5 cm³/mol. The first-order chi connectivity index (χ1) is 6.16. The molecule has 1 N–H and O–H groups in total. The highest BCUT2D eigenvalue weighted by molar-refractivity contribution is 9.09. The first-order valence-electron chi connectivity index (χ1n) is 4.38. The summed E-state index contributed by atoms with van der Waals surface area (Å²) in [6.45, 7) is 6.61. The van der Waals surface area contributed by atoms with Crippen molar-refractivity contribution in [1.29, 1.82) is 0 Å². The third kappa shape index (κ3) is 7.12. The molecular weight excluding hydrogens is 253 g/mol. The highest BCUT2D eigenvalue weighted by atomic mass is 79.9. The lowest BCUT2D eigenvalue weighted by molar-refractivity contribution is 0.0494. The smallest absolute Gasteiger partial charge is 0.407 e. The monoisotopic (exact) mass is 269 g/mol. The van der Waals surface area contributed by atoms with Crippen LogP contribution < -0.4 is 5.32 Å². The highest BCUT2D eigenvalue weighted by Crippen LogP contribution is 2.12. The van der Waals surface area contributed by atoms with E-state index in [1.165, 1.54) is 6.92 Å². The largest absolute Gasteiger partial charge is 0.444 e. The van der Waals surface area contributed by atoms with Crippen molar-refractivity contribution in [2.45, 2.75) is 39.0 Å². The Morgan fingerprint density at radius 2 is 1.93 bits per heavy atom. The average Bonchev–Trinajstić information content (AvgIpc) is 1.98. The van der Waals surface area contributed by atoms with Crippen LogP contribution in [0.2, 0.25) is 0 Å². The molecule has 0 aliphatic heterocycles.